The van der Waals surface area contributed by atoms with Crippen LogP contribution in [0.2, 0.25) is 5.02 Å². The van der Waals surface area contributed by atoms with Gasteiger partial charge in [0, 0.05) is 34.2 Å². The van der Waals surface area contributed by atoms with Gasteiger partial charge < -0.3 is 4.42 Å². The van der Waals surface area contributed by atoms with Gasteiger partial charge in [0.2, 0.25) is 0 Å². The molecule has 0 atom stereocenters. The Hall–Kier alpha value is -3.84. The molecule has 0 bridgehead atoms. The summed E-state index contributed by atoms with van der Waals surface area (Å²) in [4.78, 5) is 24.0. The average Bonchev–Trinajstić information content (AvgIpc) is 3.15. The molecule has 0 spiro atoms. The predicted octanol–water partition coefficient (Wildman–Crippen LogP) is 9.02. The zero-order valence-corrected chi connectivity index (χ0v) is 22.4. The third-order valence-corrected chi connectivity index (χ3v) is 6.43. The number of nitro groups is 1. The Morgan fingerprint density at radius 2 is 1.49 bits per heavy atom. The van der Waals surface area contributed by atoms with Crippen LogP contribution in [0.15, 0.2) is 92.0 Å². The first-order chi connectivity index (χ1) is 17.3. The van der Waals surface area contributed by atoms with Crippen LogP contribution in [0.4, 0.5) is 11.4 Å². The lowest BCUT2D eigenvalue weighted by molar-refractivity contribution is -0.384. The molecule has 1 heterocycles. The van der Waals surface area contributed by atoms with Crippen molar-refractivity contribution in [2.45, 2.75) is 41.5 Å². The molecule has 1 aromatic heterocycles. The van der Waals surface area contributed by atoms with Gasteiger partial charge in [-0.2, -0.15) is 5.11 Å². The van der Waals surface area contributed by atoms with Crippen LogP contribution in [0.1, 0.15) is 47.3 Å². The number of ketones is 1. The quantitative estimate of drug-likeness (QED) is 0.196. The zero-order chi connectivity index (χ0) is 27.1. The highest BCUT2D eigenvalue weighted by Crippen LogP contribution is 2.43. The fourth-order valence-electron chi connectivity index (χ4n) is 4.03. The minimum Gasteiger partial charge on any atom is -0.453 e. The number of nitrogens with zero attached hydrogens (tertiary/aromatic N) is 3. The molecule has 2 aromatic carbocycles. The summed E-state index contributed by atoms with van der Waals surface area (Å²) in [5.74, 6) is 0.318. The number of halogens is 1. The van der Waals surface area contributed by atoms with E-state index >= 15 is 0 Å². The third kappa shape index (κ3) is 5.32. The lowest BCUT2D eigenvalue weighted by Crippen LogP contribution is -2.28. The number of rotatable bonds is 4. The van der Waals surface area contributed by atoms with E-state index in [0.29, 0.717) is 44.5 Å². The van der Waals surface area contributed by atoms with E-state index in [1.54, 1.807) is 0 Å². The molecule has 0 saturated carbocycles. The number of allylic oxidation sites excluding steroid dienone is 5. The smallest absolute Gasteiger partial charge is 0.269 e. The van der Waals surface area contributed by atoms with E-state index in [9.17, 15) is 14.9 Å². The lowest BCUT2D eigenvalue weighted by atomic mass is 9.71. The molecule has 0 unspecified atom stereocenters. The number of carbonyl (C=O) groups is 1. The second-order valence-electron chi connectivity index (χ2n) is 11.0. The van der Waals surface area contributed by atoms with E-state index in [1.807, 2.05) is 78.0 Å². The average molecular weight is 518 g/mol. The van der Waals surface area contributed by atoms with Crippen LogP contribution in [0.5, 0.6) is 0 Å². The first kappa shape index (κ1) is 26.2. The van der Waals surface area contributed by atoms with Gasteiger partial charge in [-0.1, -0.05) is 65.3 Å². The maximum absolute atomic E-state index is 13.5. The number of furan rings is 1. The van der Waals surface area contributed by atoms with Crippen LogP contribution in [-0.2, 0) is 4.79 Å². The second kappa shape index (κ2) is 9.56. The van der Waals surface area contributed by atoms with Crippen molar-refractivity contribution < 1.29 is 14.1 Å². The fourth-order valence-corrected chi connectivity index (χ4v) is 4.31. The van der Waals surface area contributed by atoms with Crippen molar-refractivity contribution in [3.63, 3.8) is 0 Å². The van der Waals surface area contributed by atoms with E-state index in [0.717, 1.165) is 5.39 Å². The summed E-state index contributed by atoms with van der Waals surface area (Å²) >= 11 is 6.78. The van der Waals surface area contributed by atoms with Crippen LogP contribution >= 0.6 is 11.6 Å². The molecule has 0 radical (unpaired) electrons. The Bertz CT molecular complexity index is 1490. The van der Waals surface area contributed by atoms with Crippen LogP contribution in [0, 0.1) is 20.9 Å². The van der Waals surface area contributed by atoms with Gasteiger partial charge in [-0.15, -0.1) is 5.11 Å². The van der Waals surface area contributed by atoms with E-state index in [-0.39, 0.29) is 11.5 Å². The van der Waals surface area contributed by atoms with Gasteiger partial charge in [0.05, 0.1) is 15.6 Å². The molecule has 0 amide bonds. The standard InChI is InChI=1S/C29H28ClN3O4/c1-28(2,3)21-15-17(16-22(26(21)34)29(4,5)6)25(27-24(30)20-9-7-8-10-23(20)37-27)32-31-18-11-13-19(14-12-18)33(35)36/h7-16H,1-6H3. The van der Waals surface area contributed by atoms with Gasteiger partial charge >= 0.3 is 0 Å². The molecule has 37 heavy (non-hydrogen) atoms. The number of carbonyl (C=O) groups excluding carboxylic acids is 1. The normalized spacial score (nSPS) is 14.8. The van der Waals surface area contributed by atoms with E-state index < -0.39 is 15.8 Å². The van der Waals surface area contributed by atoms with Gasteiger partial charge in [-0.05, 0) is 47.2 Å². The summed E-state index contributed by atoms with van der Waals surface area (Å²) in [6.45, 7) is 12.0. The summed E-state index contributed by atoms with van der Waals surface area (Å²) in [6, 6.07) is 13.2. The first-order valence-corrected chi connectivity index (χ1v) is 12.2. The number of azo groups is 1. The van der Waals surface area contributed by atoms with Crippen molar-refractivity contribution in [1.29, 1.82) is 0 Å². The molecule has 8 heteroatoms. The molecule has 190 valence electrons. The molecule has 1 aliphatic carbocycles. The van der Waals surface area contributed by atoms with Crippen LogP contribution in [-0.4, -0.2) is 10.7 Å². The first-order valence-electron chi connectivity index (χ1n) is 11.8. The summed E-state index contributed by atoms with van der Waals surface area (Å²) in [5, 5.41) is 21.0. The minimum absolute atomic E-state index is 0.00823. The van der Waals surface area contributed by atoms with Crippen LogP contribution < -0.4 is 0 Å². The molecule has 1 aliphatic rings. The van der Waals surface area contributed by atoms with Crippen LogP contribution in [0.25, 0.3) is 16.7 Å². The second-order valence-corrected chi connectivity index (χ2v) is 11.3. The number of Topliss-reactive ketones (excluding diaryl/α,β-unsaturated/α-hetero) is 1. The number of benzene rings is 2. The lowest BCUT2D eigenvalue weighted by Gasteiger charge is -2.31. The SMILES string of the molecule is CC(C)(C)C1=CC(=C(N=Nc2ccc([N+](=O)[O-])cc2)c2oc3ccccc3c2Cl)C=C(C(C)(C)C)C1=O. The molecular weight excluding hydrogens is 490 g/mol. The summed E-state index contributed by atoms with van der Waals surface area (Å²) in [5.41, 5.74) is 2.41. The molecule has 0 N–H and O–H groups in total. The molecule has 0 fully saturated rings. The molecular formula is C29H28ClN3O4. The van der Waals surface area contributed by atoms with Gasteiger partial charge in [0.1, 0.15) is 11.3 Å². The highest BCUT2D eigenvalue weighted by Gasteiger charge is 2.35. The minimum atomic E-state index is -0.473. The highest BCUT2D eigenvalue weighted by atomic mass is 35.5. The number of fused-ring (bicyclic) bond motifs is 1. The van der Waals surface area contributed by atoms with Crippen molar-refractivity contribution in [1.82, 2.24) is 0 Å². The van der Waals surface area contributed by atoms with Gasteiger partial charge in [0.15, 0.2) is 11.5 Å². The van der Waals surface area contributed by atoms with Crippen molar-refractivity contribution >= 4 is 45.4 Å². The topological polar surface area (TPSA) is 98.1 Å². The molecule has 3 aromatic rings. The number of para-hydroxylation sites is 1. The Morgan fingerprint density at radius 3 is 2.00 bits per heavy atom. The summed E-state index contributed by atoms with van der Waals surface area (Å²) in [6.07, 6.45) is 3.65. The molecule has 4 rings (SSSR count). The number of nitro benzene ring substituents is 1. The Balaban J connectivity index is 2.00. The summed E-state index contributed by atoms with van der Waals surface area (Å²) < 4.78 is 6.15. The summed E-state index contributed by atoms with van der Waals surface area (Å²) in [7, 11) is 0. The van der Waals surface area contributed by atoms with Crippen molar-refractivity contribution in [3.05, 3.63) is 98.3 Å². The van der Waals surface area contributed by atoms with Crippen molar-refractivity contribution in [2.24, 2.45) is 21.1 Å². The van der Waals surface area contributed by atoms with Gasteiger partial charge in [0.25, 0.3) is 5.69 Å². The van der Waals surface area contributed by atoms with Crippen molar-refractivity contribution in [2.75, 3.05) is 0 Å². The number of hydrogen-bond donors (Lipinski definition) is 0. The Morgan fingerprint density at radius 1 is 0.919 bits per heavy atom. The molecule has 0 saturated heterocycles. The van der Waals surface area contributed by atoms with E-state index in [1.165, 1.54) is 24.3 Å². The maximum Gasteiger partial charge on any atom is 0.269 e. The maximum atomic E-state index is 13.5. The Kier molecular flexibility index (Phi) is 6.78. The monoisotopic (exact) mass is 517 g/mol. The molecule has 7 nitrogen and oxygen atoms in total. The van der Waals surface area contributed by atoms with Crippen LogP contribution in [0.3, 0.4) is 0 Å². The van der Waals surface area contributed by atoms with Crippen molar-refractivity contribution in [3.8, 4) is 0 Å². The largest absolute Gasteiger partial charge is 0.453 e. The third-order valence-electron chi connectivity index (χ3n) is 6.05. The zero-order valence-electron chi connectivity index (χ0n) is 21.6. The Labute approximate surface area is 220 Å². The predicted molar refractivity (Wildman–Crippen MR) is 146 cm³/mol. The number of non-ortho nitro benzene ring substituents is 1. The number of hydrogen-bond acceptors (Lipinski definition) is 6. The van der Waals surface area contributed by atoms with E-state index in [2.05, 4.69) is 10.2 Å². The fraction of sp³-hybridized carbons (Fsp3) is 0.276. The van der Waals surface area contributed by atoms with E-state index in [4.69, 9.17) is 16.0 Å². The van der Waals surface area contributed by atoms with Gasteiger partial charge in [-0.25, -0.2) is 0 Å². The molecule has 0 aliphatic heterocycles. The van der Waals surface area contributed by atoms with Gasteiger partial charge in [-0.3, -0.25) is 14.9 Å². The highest BCUT2D eigenvalue weighted by molar-refractivity contribution is 6.37.